The summed E-state index contributed by atoms with van der Waals surface area (Å²) in [5, 5.41) is 6.64. The highest BCUT2D eigenvalue weighted by Crippen LogP contribution is 2.18. The molecule has 0 aromatic heterocycles. The van der Waals surface area contributed by atoms with Gasteiger partial charge in [0.05, 0.1) is 6.54 Å². The van der Waals surface area contributed by atoms with Crippen LogP contribution in [0.15, 0.2) is 41.9 Å². The first-order valence-corrected chi connectivity index (χ1v) is 10.4. The molecule has 1 aliphatic heterocycles. The van der Waals surface area contributed by atoms with Gasteiger partial charge in [-0.25, -0.2) is 4.99 Å². The molecular formula is C22H35IN4O2. The fourth-order valence-corrected chi connectivity index (χ4v) is 3.18. The van der Waals surface area contributed by atoms with E-state index in [4.69, 9.17) is 4.74 Å². The van der Waals surface area contributed by atoms with Crippen molar-refractivity contribution in [3.05, 3.63) is 42.5 Å². The molecule has 0 atom stereocenters. The van der Waals surface area contributed by atoms with Crippen molar-refractivity contribution in [1.29, 1.82) is 0 Å². The van der Waals surface area contributed by atoms with Gasteiger partial charge in [0.25, 0.3) is 0 Å². The Bertz CT molecular complexity index is 651. The number of para-hydroxylation sites is 1. The Kier molecular flexibility index (Phi) is 13.2. The molecule has 2 N–H and O–H groups in total. The van der Waals surface area contributed by atoms with Gasteiger partial charge >= 0.3 is 0 Å². The zero-order valence-electron chi connectivity index (χ0n) is 17.5. The largest absolute Gasteiger partial charge is 0.489 e. The van der Waals surface area contributed by atoms with Crippen LogP contribution in [-0.4, -0.2) is 49.6 Å². The summed E-state index contributed by atoms with van der Waals surface area (Å²) in [5.41, 5.74) is 1.04. The van der Waals surface area contributed by atoms with E-state index in [1.54, 1.807) is 6.08 Å². The quantitative estimate of drug-likeness (QED) is 0.164. The first-order valence-electron chi connectivity index (χ1n) is 10.4. The van der Waals surface area contributed by atoms with Crippen molar-refractivity contribution in [2.24, 2.45) is 4.99 Å². The van der Waals surface area contributed by atoms with E-state index in [9.17, 15) is 4.79 Å². The highest BCUT2D eigenvalue weighted by Gasteiger charge is 2.15. The molecule has 6 nitrogen and oxygen atoms in total. The summed E-state index contributed by atoms with van der Waals surface area (Å²) in [5.74, 6) is 1.92. The number of guanidine groups is 1. The third-order valence-electron chi connectivity index (χ3n) is 4.65. The first-order chi connectivity index (χ1) is 13.7. The molecule has 1 fully saturated rings. The molecule has 1 aliphatic rings. The van der Waals surface area contributed by atoms with Gasteiger partial charge in [-0.15, -0.1) is 24.0 Å². The lowest BCUT2D eigenvalue weighted by molar-refractivity contribution is -0.130. The number of aliphatic imine (C=N–C) groups is 1. The second kappa shape index (κ2) is 15.1. The Morgan fingerprint density at radius 1 is 1.28 bits per heavy atom. The van der Waals surface area contributed by atoms with Crippen LogP contribution in [0, 0.1) is 0 Å². The number of nitrogens with one attached hydrogen (secondary N) is 2. The minimum absolute atomic E-state index is 0. The van der Waals surface area contributed by atoms with Crippen LogP contribution in [-0.2, 0) is 11.3 Å². The molecule has 0 spiro atoms. The van der Waals surface area contributed by atoms with Gasteiger partial charge in [-0.05, 0) is 32.3 Å². The van der Waals surface area contributed by atoms with Crippen LogP contribution >= 0.6 is 24.0 Å². The second-order valence-corrected chi connectivity index (χ2v) is 6.87. The average Bonchev–Trinajstić information content (AvgIpc) is 2.92. The predicted octanol–water partition coefficient (Wildman–Crippen LogP) is 3.72. The van der Waals surface area contributed by atoms with Gasteiger partial charge in [0.1, 0.15) is 12.4 Å². The zero-order chi connectivity index (χ0) is 20.0. The molecule has 1 aromatic carbocycles. The number of carbonyl (C=O) groups is 1. The average molecular weight is 514 g/mol. The number of hydrogen-bond acceptors (Lipinski definition) is 3. The van der Waals surface area contributed by atoms with E-state index in [1.165, 1.54) is 0 Å². The van der Waals surface area contributed by atoms with Crippen molar-refractivity contribution in [1.82, 2.24) is 15.5 Å². The molecule has 29 heavy (non-hydrogen) atoms. The number of ether oxygens (including phenoxy) is 1. The van der Waals surface area contributed by atoms with E-state index in [2.05, 4.69) is 22.2 Å². The summed E-state index contributed by atoms with van der Waals surface area (Å²) in [6.45, 7) is 10.0. The van der Waals surface area contributed by atoms with Crippen molar-refractivity contribution in [3.63, 3.8) is 0 Å². The smallest absolute Gasteiger partial charge is 0.222 e. The molecule has 1 amide bonds. The number of benzene rings is 1. The van der Waals surface area contributed by atoms with Crippen LogP contribution in [0.4, 0.5) is 0 Å². The highest BCUT2D eigenvalue weighted by atomic mass is 127. The third-order valence-corrected chi connectivity index (χ3v) is 4.65. The topological polar surface area (TPSA) is 66.0 Å². The van der Waals surface area contributed by atoms with Gasteiger partial charge in [0.2, 0.25) is 5.91 Å². The number of nitrogens with zero attached hydrogens (tertiary/aromatic N) is 2. The number of amides is 1. The molecular weight excluding hydrogens is 479 g/mol. The summed E-state index contributed by atoms with van der Waals surface area (Å²) in [6.07, 6.45) is 6.66. The van der Waals surface area contributed by atoms with E-state index in [0.29, 0.717) is 25.5 Å². The van der Waals surface area contributed by atoms with Crippen LogP contribution in [0.2, 0.25) is 0 Å². The Hall–Kier alpha value is -1.77. The van der Waals surface area contributed by atoms with Crippen LogP contribution < -0.4 is 15.4 Å². The first kappa shape index (κ1) is 25.3. The predicted molar refractivity (Wildman–Crippen MR) is 130 cm³/mol. The minimum Gasteiger partial charge on any atom is -0.489 e. The molecule has 2 rings (SSSR count). The van der Waals surface area contributed by atoms with Crippen molar-refractivity contribution >= 4 is 35.8 Å². The highest BCUT2D eigenvalue weighted by molar-refractivity contribution is 14.0. The van der Waals surface area contributed by atoms with Crippen molar-refractivity contribution in [2.45, 2.75) is 45.6 Å². The molecule has 0 radical (unpaired) electrons. The fraction of sp³-hybridized carbons (Fsp3) is 0.545. The summed E-state index contributed by atoms with van der Waals surface area (Å²) >= 11 is 0. The van der Waals surface area contributed by atoms with Gasteiger partial charge in [-0.2, -0.15) is 0 Å². The van der Waals surface area contributed by atoms with Gasteiger partial charge in [-0.1, -0.05) is 37.3 Å². The molecule has 162 valence electrons. The van der Waals surface area contributed by atoms with E-state index in [-0.39, 0.29) is 24.0 Å². The lowest BCUT2D eigenvalue weighted by Crippen LogP contribution is -2.39. The summed E-state index contributed by atoms with van der Waals surface area (Å²) in [4.78, 5) is 18.7. The Balaban J connectivity index is 0.00000420. The number of halogens is 1. The maximum absolute atomic E-state index is 12.1. The molecule has 1 aromatic rings. The maximum atomic E-state index is 12.1. The molecule has 7 heteroatoms. The van der Waals surface area contributed by atoms with Gasteiger partial charge in [0.15, 0.2) is 5.96 Å². The normalized spacial score (nSPS) is 14.6. The van der Waals surface area contributed by atoms with Crippen molar-refractivity contribution in [3.8, 4) is 5.75 Å². The summed E-state index contributed by atoms with van der Waals surface area (Å²) in [6, 6.07) is 7.92. The molecule has 1 saturated heterocycles. The molecule has 0 saturated carbocycles. The van der Waals surface area contributed by atoms with E-state index in [1.807, 2.05) is 36.1 Å². The van der Waals surface area contributed by atoms with Gasteiger partial charge in [0, 0.05) is 38.2 Å². The Morgan fingerprint density at radius 2 is 2.10 bits per heavy atom. The Morgan fingerprint density at radius 3 is 2.90 bits per heavy atom. The summed E-state index contributed by atoms with van der Waals surface area (Å²) < 4.78 is 5.70. The number of rotatable bonds is 10. The molecule has 0 bridgehead atoms. The van der Waals surface area contributed by atoms with E-state index >= 15 is 0 Å². The van der Waals surface area contributed by atoms with Gasteiger partial charge < -0.3 is 20.3 Å². The standard InChI is InChI=1S/C22H34N4O2.HI/c1-3-17-28-20-12-8-7-11-19(20)18-25-22(23-4-2)24-14-10-16-26-15-9-5-6-13-21(26)27;/h3,7-8,11-12H,1,4-6,9-10,13-18H2,2H3,(H2,23,24,25);1H. The SMILES string of the molecule is C=CCOc1ccccc1CN=C(NCC)NCCCN1CCCCCC1=O.I. The van der Waals surface area contributed by atoms with Gasteiger partial charge in [-0.3, -0.25) is 4.79 Å². The van der Waals surface area contributed by atoms with E-state index in [0.717, 1.165) is 69.1 Å². The van der Waals surface area contributed by atoms with E-state index < -0.39 is 0 Å². The van der Waals surface area contributed by atoms with Crippen LogP contribution in [0.5, 0.6) is 5.75 Å². The molecule has 1 heterocycles. The number of hydrogen-bond donors (Lipinski definition) is 2. The van der Waals surface area contributed by atoms with Crippen molar-refractivity contribution in [2.75, 3.05) is 32.8 Å². The monoisotopic (exact) mass is 514 g/mol. The van der Waals surface area contributed by atoms with Crippen LogP contribution in [0.25, 0.3) is 0 Å². The maximum Gasteiger partial charge on any atom is 0.222 e. The third kappa shape index (κ3) is 9.51. The second-order valence-electron chi connectivity index (χ2n) is 6.87. The molecule has 0 unspecified atom stereocenters. The molecule has 0 aliphatic carbocycles. The number of carbonyl (C=O) groups excluding carboxylic acids is 1. The van der Waals surface area contributed by atoms with Crippen molar-refractivity contribution < 1.29 is 9.53 Å². The number of likely N-dealkylation sites (tertiary alicyclic amines) is 1. The van der Waals surface area contributed by atoms with Crippen LogP contribution in [0.3, 0.4) is 0 Å². The lowest BCUT2D eigenvalue weighted by Gasteiger charge is -2.20. The fourth-order valence-electron chi connectivity index (χ4n) is 3.18. The Labute approximate surface area is 192 Å². The minimum atomic E-state index is 0. The van der Waals surface area contributed by atoms with Crippen LogP contribution in [0.1, 0.15) is 44.6 Å². The zero-order valence-corrected chi connectivity index (χ0v) is 19.8. The summed E-state index contributed by atoms with van der Waals surface area (Å²) in [7, 11) is 0. The lowest BCUT2D eigenvalue weighted by atomic mass is 10.2.